The Hall–Kier alpha value is -3.49. The lowest BCUT2D eigenvalue weighted by Gasteiger charge is -2.27. The Morgan fingerprint density at radius 2 is 1.78 bits per heavy atom. The Bertz CT molecular complexity index is 1230. The smallest absolute Gasteiger partial charge is 0.462 e. The largest absolute Gasteiger partial charge is 0.491 e. The zero-order valence-corrected chi connectivity index (χ0v) is 19.4. The zero-order chi connectivity index (χ0) is 26.2. The number of ether oxygens (including phenoxy) is 2. The second-order valence-corrected chi connectivity index (χ2v) is 7.96. The number of carbonyl (C=O) groups is 4. The Labute approximate surface area is 202 Å². The molecular formula is C22H23F3N4O7. The number of fused-ring (bicyclic) bond motifs is 3. The fourth-order valence-electron chi connectivity index (χ4n) is 4.16. The molecule has 1 fully saturated rings. The van der Waals surface area contributed by atoms with E-state index in [1.54, 1.807) is 6.92 Å². The number of ketones is 1. The van der Waals surface area contributed by atoms with Crippen LogP contribution in [0.25, 0.3) is 10.9 Å². The second kappa shape index (κ2) is 9.87. The zero-order valence-electron chi connectivity index (χ0n) is 19.4. The van der Waals surface area contributed by atoms with Gasteiger partial charge in [-0.05, 0) is 19.9 Å². The number of hydrogen-bond donors (Lipinski definition) is 1. The van der Waals surface area contributed by atoms with Gasteiger partial charge in [-0.15, -0.1) is 5.17 Å². The van der Waals surface area contributed by atoms with Gasteiger partial charge < -0.3 is 14.8 Å². The first-order valence-corrected chi connectivity index (χ1v) is 11.2. The Morgan fingerprint density at radius 1 is 1.08 bits per heavy atom. The molecular weight excluding hydrogens is 489 g/mol. The molecule has 0 spiro atoms. The first-order chi connectivity index (χ1) is 17.1. The average Bonchev–Trinajstić information content (AvgIpc) is 3.26. The lowest BCUT2D eigenvalue weighted by Crippen LogP contribution is -2.43. The number of hydrogen-bond acceptors (Lipinski definition) is 9. The predicted molar refractivity (Wildman–Crippen MR) is 117 cm³/mol. The molecule has 0 radical (unpaired) electrons. The summed E-state index contributed by atoms with van der Waals surface area (Å²) in [5.74, 6) is -6.17. The van der Waals surface area contributed by atoms with Gasteiger partial charge in [-0.25, -0.2) is 14.3 Å². The van der Waals surface area contributed by atoms with E-state index in [0.717, 1.165) is 10.7 Å². The number of esters is 2. The van der Waals surface area contributed by atoms with Gasteiger partial charge in [-0.1, -0.05) is 0 Å². The highest BCUT2D eigenvalue weighted by atomic mass is 19.4. The van der Waals surface area contributed by atoms with Crippen LogP contribution in [0.5, 0.6) is 5.75 Å². The number of nitrogens with one attached hydrogen (secondary N) is 1. The molecule has 1 amide bonds. The van der Waals surface area contributed by atoms with Crippen molar-refractivity contribution in [3.05, 3.63) is 29.0 Å². The molecule has 1 saturated heterocycles. The molecule has 0 saturated carbocycles. The number of amides is 1. The summed E-state index contributed by atoms with van der Waals surface area (Å²) in [5.41, 5.74) is -0.0573. The first-order valence-electron chi connectivity index (χ1n) is 11.2. The van der Waals surface area contributed by atoms with Crippen LogP contribution in [-0.4, -0.2) is 78.8 Å². The molecule has 0 aliphatic carbocycles. The second-order valence-electron chi connectivity index (χ2n) is 7.96. The summed E-state index contributed by atoms with van der Waals surface area (Å²) in [6.07, 6.45) is -5.33. The summed E-state index contributed by atoms with van der Waals surface area (Å²) in [7, 11) is 0. The maximum atomic E-state index is 13.0. The van der Waals surface area contributed by atoms with Crippen molar-refractivity contribution in [2.24, 2.45) is 0 Å². The van der Waals surface area contributed by atoms with Crippen molar-refractivity contribution >= 4 is 34.5 Å². The molecule has 0 atom stereocenters. The monoisotopic (exact) mass is 512 g/mol. The number of nitrogens with zero attached hydrogens (tertiary/aromatic N) is 3. The van der Waals surface area contributed by atoms with Gasteiger partial charge in [0.15, 0.2) is 0 Å². The summed E-state index contributed by atoms with van der Waals surface area (Å²) in [6, 6.07) is 2.20. The molecule has 2 aliphatic rings. The Morgan fingerprint density at radius 3 is 2.39 bits per heavy atom. The number of alkyl halides is 3. The van der Waals surface area contributed by atoms with Crippen LogP contribution in [0, 0.1) is 0 Å². The van der Waals surface area contributed by atoms with E-state index in [4.69, 9.17) is 9.57 Å². The van der Waals surface area contributed by atoms with Crippen LogP contribution < -0.4 is 15.2 Å². The molecule has 3 heterocycles. The third-order valence-electron chi connectivity index (χ3n) is 5.69. The fraction of sp³-hybridized carbons (Fsp3) is 0.455. The van der Waals surface area contributed by atoms with E-state index in [-0.39, 0.29) is 31.0 Å². The molecule has 1 aromatic heterocycles. The standard InChI is InChI=1S/C22H23F3N4O7/c1-3-34-20(32)13-9-12-14(11-27-7-5-26-6-8-27)17-18(30)19(31)29(35-4-2)28(17)15(12)10-16(13)36-21(33)22(23,24)25/h9-10,26H,3-8,11H2,1-2H3. The number of Topliss-reactive ketones (excluding diaryl/α,β-unsaturated/α-hetero) is 1. The summed E-state index contributed by atoms with van der Waals surface area (Å²) >= 11 is 0. The highest BCUT2D eigenvalue weighted by molar-refractivity contribution is 6.48. The van der Waals surface area contributed by atoms with Crippen LogP contribution >= 0.6 is 0 Å². The van der Waals surface area contributed by atoms with Gasteiger partial charge in [-0.2, -0.15) is 13.2 Å². The highest BCUT2D eigenvalue weighted by Gasteiger charge is 2.44. The average molecular weight is 512 g/mol. The number of rotatable bonds is 7. The number of piperazine rings is 1. The fourth-order valence-corrected chi connectivity index (χ4v) is 4.16. The van der Waals surface area contributed by atoms with E-state index >= 15 is 0 Å². The molecule has 1 aromatic carbocycles. The molecule has 2 aliphatic heterocycles. The quantitative estimate of drug-likeness (QED) is 0.333. The molecule has 14 heteroatoms. The molecule has 0 unspecified atom stereocenters. The summed E-state index contributed by atoms with van der Waals surface area (Å²) < 4.78 is 49.5. The third kappa shape index (κ3) is 4.54. The lowest BCUT2D eigenvalue weighted by molar-refractivity contribution is -0.189. The van der Waals surface area contributed by atoms with Gasteiger partial charge in [0.2, 0.25) is 0 Å². The Kier molecular flexibility index (Phi) is 7.02. The van der Waals surface area contributed by atoms with Crippen molar-refractivity contribution < 1.29 is 46.7 Å². The predicted octanol–water partition coefficient (Wildman–Crippen LogP) is 1.30. The summed E-state index contributed by atoms with van der Waals surface area (Å²) in [6.45, 7) is 5.86. The molecule has 36 heavy (non-hydrogen) atoms. The number of benzene rings is 1. The minimum absolute atomic E-state index is 0.00207. The highest BCUT2D eigenvalue weighted by Crippen LogP contribution is 2.37. The third-order valence-corrected chi connectivity index (χ3v) is 5.69. The van der Waals surface area contributed by atoms with Crippen molar-refractivity contribution in [2.45, 2.75) is 26.6 Å². The number of carbonyl (C=O) groups excluding carboxylic acids is 4. The van der Waals surface area contributed by atoms with Gasteiger partial charge >= 0.3 is 24.0 Å². The maximum Gasteiger partial charge on any atom is 0.491 e. The Balaban J connectivity index is 1.95. The number of aromatic nitrogens is 1. The van der Waals surface area contributed by atoms with E-state index in [0.29, 0.717) is 42.3 Å². The first kappa shape index (κ1) is 25.6. The maximum absolute atomic E-state index is 13.0. The van der Waals surface area contributed by atoms with Crippen LogP contribution in [-0.2, 0) is 25.7 Å². The molecule has 194 valence electrons. The van der Waals surface area contributed by atoms with Crippen molar-refractivity contribution in [3.63, 3.8) is 0 Å². The van der Waals surface area contributed by atoms with Crippen molar-refractivity contribution in [3.8, 4) is 5.75 Å². The summed E-state index contributed by atoms with van der Waals surface area (Å²) in [5, 5.41) is 4.21. The van der Waals surface area contributed by atoms with E-state index in [9.17, 15) is 32.3 Å². The SMILES string of the molecule is CCOC(=O)c1cc2c(CN3CCNCC3)c3n(c2cc1OC(=O)C(F)(F)F)N(OCC)C(=O)C3=O. The van der Waals surface area contributed by atoms with Crippen molar-refractivity contribution in [1.29, 1.82) is 0 Å². The van der Waals surface area contributed by atoms with E-state index in [1.807, 2.05) is 4.90 Å². The van der Waals surface area contributed by atoms with Gasteiger partial charge in [0.25, 0.3) is 5.78 Å². The topological polar surface area (TPSA) is 119 Å². The van der Waals surface area contributed by atoms with Gasteiger partial charge in [0.1, 0.15) is 17.0 Å². The van der Waals surface area contributed by atoms with E-state index in [2.05, 4.69) is 10.1 Å². The number of halogens is 3. The minimum Gasteiger partial charge on any atom is -0.462 e. The van der Waals surface area contributed by atoms with Gasteiger partial charge in [0, 0.05) is 49.7 Å². The molecule has 11 nitrogen and oxygen atoms in total. The van der Waals surface area contributed by atoms with Crippen LogP contribution in [0.3, 0.4) is 0 Å². The van der Waals surface area contributed by atoms with Gasteiger partial charge in [0.05, 0.1) is 18.7 Å². The molecule has 0 bridgehead atoms. The van der Waals surface area contributed by atoms with Crippen LogP contribution in [0.2, 0.25) is 0 Å². The van der Waals surface area contributed by atoms with Crippen LogP contribution in [0.1, 0.15) is 40.3 Å². The van der Waals surface area contributed by atoms with Crippen LogP contribution in [0.15, 0.2) is 12.1 Å². The van der Waals surface area contributed by atoms with Crippen molar-refractivity contribution in [2.75, 3.05) is 44.6 Å². The molecule has 2 aromatic rings. The lowest BCUT2D eigenvalue weighted by atomic mass is 10.0. The minimum atomic E-state index is -5.33. The number of hydroxylamine groups is 1. The van der Waals surface area contributed by atoms with Gasteiger partial charge in [-0.3, -0.25) is 19.3 Å². The molecule has 1 N–H and O–H groups in total. The molecule has 4 rings (SSSR count). The van der Waals surface area contributed by atoms with Crippen molar-refractivity contribution in [1.82, 2.24) is 14.9 Å². The summed E-state index contributed by atoms with van der Waals surface area (Å²) in [4.78, 5) is 57.2. The van der Waals surface area contributed by atoms with E-state index in [1.165, 1.54) is 13.0 Å². The normalized spacial score (nSPS) is 16.5. The van der Waals surface area contributed by atoms with E-state index < -0.39 is 41.1 Å². The van der Waals surface area contributed by atoms with Crippen LogP contribution in [0.4, 0.5) is 13.2 Å².